The fourth-order valence-electron chi connectivity index (χ4n) is 2.16. The lowest BCUT2D eigenvalue weighted by molar-refractivity contribution is -0.132. The summed E-state index contributed by atoms with van der Waals surface area (Å²) in [5, 5.41) is 3.61. The van der Waals surface area contributed by atoms with Crippen LogP contribution in [0.15, 0.2) is 18.2 Å². The van der Waals surface area contributed by atoms with Gasteiger partial charge in [0, 0.05) is 19.6 Å². The van der Waals surface area contributed by atoms with Crippen LogP contribution in [0.5, 0.6) is 0 Å². The van der Waals surface area contributed by atoms with Crippen LogP contribution >= 0.6 is 23.2 Å². The number of benzene rings is 1. The Balaban J connectivity index is 2.01. The maximum atomic E-state index is 12.3. The number of carbonyl (C=O) groups excluding carboxylic acids is 2. The number of nitrogens with zero attached hydrogens (tertiary/aromatic N) is 2. The highest BCUT2D eigenvalue weighted by atomic mass is 35.5. The fraction of sp³-hybridized carbons (Fsp3) is 0.429. The minimum Gasteiger partial charge on any atom is -0.336 e. The van der Waals surface area contributed by atoms with Gasteiger partial charge in [-0.05, 0) is 31.7 Å². The maximum absolute atomic E-state index is 12.3. The highest BCUT2D eigenvalue weighted by Gasteiger charge is 2.31. The summed E-state index contributed by atoms with van der Waals surface area (Å²) in [7, 11) is 1.83. The van der Waals surface area contributed by atoms with Gasteiger partial charge in [-0.2, -0.15) is 0 Å². The molecule has 0 aliphatic carbocycles. The molecule has 1 aliphatic heterocycles. The molecule has 1 atom stereocenters. The number of urea groups is 1. The number of hydrogen-bond acceptors (Lipinski definition) is 3. The van der Waals surface area contributed by atoms with Gasteiger partial charge < -0.3 is 5.32 Å². The van der Waals surface area contributed by atoms with Crippen molar-refractivity contribution in [2.75, 3.05) is 20.1 Å². The van der Waals surface area contributed by atoms with Crippen molar-refractivity contribution in [2.24, 2.45) is 0 Å². The van der Waals surface area contributed by atoms with E-state index in [0.717, 1.165) is 5.56 Å². The van der Waals surface area contributed by atoms with Gasteiger partial charge in [-0.1, -0.05) is 29.3 Å². The Bertz CT molecular complexity index is 565. The van der Waals surface area contributed by atoms with Crippen LogP contribution in [0.1, 0.15) is 12.5 Å². The molecule has 3 amide bonds. The van der Waals surface area contributed by atoms with Crippen molar-refractivity contribution in [1.82, 2.24) is 15.1 Å². The lowest BCUT2D eigenvalue weighted by Crippen LogP contribution is -2.46. The lowest BCUT2D eigenvalue weighted by atomic mass is 10.2. The molecule has 7 heteroatoms. The third kappa shape index (κ3) is 3.67. The van der Waals surface area contributed by atoms with Gasteiger partial charge in [-0.25, -0.2) is 4.79 Å². The molecule has 1 fully saturated rings. The monoisotopic (exact) mass is 329 g/mol. The number of likely N-dealkylation sites (N-methyl/N-ethyl adjacent to an activating group) is 1. The molecule has 1 aromatic carbocycles. The first-order valence-electron chi connectivity index (χ1n) is 6.63. The predicted octanol–water partition coefficient (Wildman–Crippen LogP) is 2.37. The van der Waals surface area contributed by atoms with E-state index in [1.807, 2.05) is 18.0 Å². The van der Waals surface area contributed by atoms with Crippen molar-refractivity contribution in [3.63, 3.8) is 0 Å². The molecular formula is C14H17Cl2N3O2. The normalized spacial score (nSPS) is 16.2. The molecule has 5 nitrogen and oxygen atoms in total. The van der Waals surface area contributed by atoms with E-state index in [9.17, 15) is 9.59 Å². The zero-order valence-electron chi connectivity index (χ0n) is 11.9. The first kappa shape index (κ1) is 16.1. The molecular weight excluding hydrogens is 313 g/mol. The zero-order valence-corrected chi connectivity index (χ0v) is 13.4. The van der Waals surface area contributed by atoms with Gasteiger partial charge in [0.25, 0.3) is 0 Å². The summed E-state index contributed by atoms with van der Waals surface area (Å²) in [4.78, 5) is 26.9. The topological polar surface area (TPSA) is 52.7 Å². The largest absolute Gasteiger partial charge is 0.336 e. The van der Waals surface area contributed by atoms with E-state index in [4.69, 9.17) is 23.2 Å². The molecule has 1 aromatic rings. The third-order valence-electron chi connectivity index (χ3n) is 3.56. The maximum Gasteiger partial charge on any atom is 0.324 e. The van der Waals surface area contributed by atoms with Crippen molar-refractivity contribution >= 4 is 35.1 Å². The van der Waals surface area contributed by atoms with Crippen LogP contribution in [-0.4, -0.2) is 47.9 Å². The fourth-order valence-corrected chi connectivity index (χ4v) is 2.48. The smallest absolute Gasteiger partial charge is 0.324 e. The van der Waals surface area contributed by atoms with E-state index in [1.165, 1.54) is 4.90 Å². The Morgan fingerprint density at radius 1 is 1.43 bits per heavy atom. The summed E-state index contributed by atoms with van der Waals surface area (Å²) in [6, 6.07) is 4.65. The van der Waals surface area contributed by atoms with Gasteiger partial charge in [0.05, 0.1) is 16.1 Å². The minimum absolute atomic E-state index is 0.201. The average molecular weight is 330 g/mol. The standard InChI is InChI=1S/C14H17Cl2N3O2/c1-9(13(20)19-6-5-17-14(19)21)18(2)8-10-3-4-11(15)12(16)7-10/h3-4,7,9H,5-6,8H2,1-2H3,(H,17,21). The number of nitrogens with one attached hydrogen (secondary N) is 1. The van der Waals surface area contributed by atoms with E-state index in [0.29, 0.717) is 29.7 Å². The Morgan fingerprint density at radius 2 is 2.14 bits per heavy atom. The molecule has 1 heterocycles. The second-order valence-corrected chi connectivity index (χ2v) is 5.88. The second-order valence-electron chi connectivity index (χ2n) is 5.06. The van der Waals surface area contributed by atoms with Crippen molar-refractivity contribution in [3.05, 3.63) is 33.8 Å². The van der Waals surface area contributed by atoms with Crippen LogP contribution in [0, 0.1) is 0 Å². The molecule has 0 aromatic heterocycles. The predicted molar refractivity (Wildman–Crippen MR) is 82.5 cm³/mol. The van der Waals surface area contributed by atoms with Crippen LogP contribution in [0.4, 0.5) is 4.79 Å². The first-order chi connectivity index (χ1) is 9.90. The molecule has 1 N–H and O–H groups in total. The summed E-state index contributed by atoms with van der Waals surface area (Å²) in [5.74, 6) is -0.201. The van der Waals surface area contributed by atoms with Crippen molar-refractivity contribution in [2.45, 2.75) is 19.5 Å². The summed E-state index contributed by atoms with van der Waals surface area (Å²) in [6.45, 7) is 3.25. The number of hydrogen-bond donors (Lipinski definition) is 1. The van der Waals surface area contributed by atoms with Gasteiger partial charge in [-0.15, -0.1) is 0 Å². The van der Waals surface area contributed by atoms with Crippen molar-refractivity contribution in [3.8, 4) is 0 Å². The number of carbonyl (C=O) groups is 2. The third-order valence-corrected chi connectivity index (χ3v) is 4.30. The Morgan fingerprint density at radius 3 is 2.71 bits per heavy atom. The Hall–Kier alpha value is -1.30. The SMILES string of the molecule is CC(C(=O)N1CCNC1=O)N(C)Cc1ccc(Cl)c(Cl)c1. The van der Waals surface area contributed by atoms with E-state index < -0.39 is 6.04 Å². The van der Waals surface area contributed by atoms with Gasteiger partial charge in [0.2, 0.25) is 5.91 Å². The Labute approximate surface area is 133 Å². The van der Waals surface area contributed by atoms with Gasteiger partial charge >= 0.3 is 6.03 Å². The molecule has 2 rings (SSSR count). The first-order valence-corrected chi connectivity index (χ1v) is 7.39. The summed E-state index contributed by atoms with van der Waals surface area (Å²) < 4.78 is 0. The van der Waals surface area contributed by atoms with E-state index in [1.54, 1.807) is 19.1 Å². The molecule has 1 unspecified atom stereocenters. The van der Waals surface area contributed by atoms with Crippen LogP contribution in [0.3, 0.4) is 0 Å². The molecule has 114 valence electrons. The van der Waals surface area contributed by atoms with Gasteiger partial charge in [0.1, 0.15) is 0 Å². The molecule has 1 aliphatic rings. The van der Waals surface area contributed by atoms with E-state index >= 15 is 0 Å². The number of rotatable bonds is 4. The Kier molecular flexibility index (Phi) is 5.08. The van der Waals surface area contributed by atoms with Gasteiger partial charge in [-0.3, -0.25) is 14.6 Å². The highest BCUT2D eigenvalue weighted by Crippen LogP contribution is 2.23. The number of amides is 3. The quantitative estimate of drug-likeness (QED) is 0.922. The second kappa shape index (κ2) is 6.64. The van der Waals surface area contributed by atoms with E-state index in [-0.39, 0.29) is 11.9 Å². The molecule has 0 bridgehead atoms. The van der Waals surface area contributed by atoms with E-state index in [2.05, 4.69) is 5.32 Å². The van der Waals surface area contributed by atoms with Crippen LogP contribution in [0.2, 0.25) is 10.0 Å². The molecule has 21 heavy (non-hydrogen) atoms. The van der Waals surface area contributed by atoms with Crippen LogP contribution < -0.4 is 5.32 Å². The highest BCUT2D eigenvalue weighted by molar-refractivity contribution is 6.42. The zero-order chi connectivity index (χ0) is 15.6. The number of imide groups is 1. The lowest BCUT2D eigenvalue weighted by Gasteiger charge is -2.26. The van der Waals surface area contributed by atoms with Gasteiger partial charge in [0.15, 0.2) is 0 Å². The van der Waals surface area contributed by atoms with Crippen molar-refractivity contribution in [1.29, 1.82) is 0 Å². The van der Waals surface area contributed by atoms with Crippen LogP contribution in [0.25, 0.3) is 0 Å². The average Bonchev–Trinajstić information content (AvgIpc) is 2.87. The summed E-state index contributed by atoms with van der Waals surface area (Å²) >= 11 is 11.9. The van der Waals surface area contributed by atoms with Crippen molar-refractivity contribution < 1.29 is 9.59 Å². The molecule has 0 saturated carbocycles. The summed E-state index contributed by atoms with van der Waals surface area (Å²) in [5.41, 5.74) is 0.956. The molecule has 1 saturated heterocycles. The van der Waals surface area contributed by atoms with Crippen LogP contribution in [-0.2, 0) is 11.3 Å². The minimum atomic E-state index is -0.400. The molecule has 0 spiro atoms. The number of halogens is 2. The summed E-state index contributed by atoms with van der Waals surface area (Å²) in [6.07, 6.45) is 0. The molecule has 0 radical (unpaired) electrons.